The SMILES string of the molecule is CCN(CC(C)(C)O)C(=O)CN(C)C(=O)c1cccs1. The van der Waals surface area contributed by atoms with Gasteiger partial charge in [0, 0.05) is 20.1 Å². The third-order valence-electron chi connectivity index (χ3n) is 2.76. The maximum atomic E-state index is 12.2. The van der Waals surface area contributed by atoms with Crippen molar-refractivity contribution >= 4 is 23.2 Å². The summed E-state index contributed by atoms with van der Waals surface area (Å²) in [4.78, 5) is 27.8. The summed E-state index contributed by atoms with van der Waals surface area (Å²) < 4.78 is 0. The van der Waals surface area contributed by atoms with Gasteiger partial charge < -0.3 is 14.9 Å². The monoisotopic (exact) mass is 298 g/mol. The zero-order chi connectivity index (χ0) is 15.3. The molecule has 1 aromatic heterocycles. The lowest BCUT2D eigenvalue weighted by atomic mass is 10.1. The third-order valence-corrected chi connectivity index (χ3v) is 3.62. The molecular weight excluding hydrogens is 276 g/mol. The van der Waals surface area contributed by atoms with E-state index in [1.807, 2.05) is 12.3 Å². The van der Waals surface area contributed by atoms with Gasteiger partial charge in [-0.15, -0.1) is 11.3 Å². The first-order valence-corrected chi connectivity index (χ1v) is 7.41. The van der Waals surface area contributed by atoms with Crippen molar-refractivity contribution in [1.82, 2.24) is 9.80 Å². The molecule has 1 aromatic rings. The number of rotatable bonds is 6. The number of amides is 2. The van der Waals surface area contributed by atoms with Gasteiger partial charge in [0.1, 0.15) is 0 Å². The van der Waals surface area contributed by atoms with E-state index in [4.69, 9.17) is 0 Å². The first-order chi connectivity index (χ1) is 9.24. The van der Waals surface area contributed by atoms with Crippen molar-refractivity contribution < 1.29 is 14.7 Å². The molecule has 0 unspecified atom stereocenters. The van der Waals surface area contributed by atoms with Crippen LogP contribution in [0.25, 0.3) is 0 Å². The molecule has 0 aliphatic heterocycles. The smallest absolute Gasteiger partial charge is 0.264 e. The Morgan fingerprint density at radius 2 is 2.05 bits per heavy atom. The molecule has 0 aliphatic carbocycles. The molecular formula is C14H22N2O3S. The highest BCUT2D eigenvalue weighted by Crippen LogP contribution is 2.11. The molecule has 20 heavy (non-hydrogen) atoms. The Morgan fingerprint density at radius 3 is 2.50 bits per heavy atom. The van der Waals surface area contributed by atoms with Crippen LogP contribution >= 0.6 is 11.3 Å². The van der Waals surface area contributed by atoms with Gasteiger partial charge in [-0.05, 0) is 32.2 Å². The zero-order valence-electron chi connectivity index (χ0n) is 12.4. The highest BCUT2D eigenvalue weighted by Gasteiger charge is 2.23. The molecule has 6 heteroatoms. The third kappa shape index (κ3) is 4.94. The topological polar surface area (TPSA) is 60.9 Å². The molecule has 0 atom stereocenters. The van der Waals surface area contributed by atoms with Crippen LogP contribution in [0.3, 0.4) is 0 Å². The van der Waals surface area contributed by atoms with Crippen molar-refractivity contribution in [3.8, 4) is 0 Å². The molecule has 1 rings (SSSR count). The van der Waals surface area contributed by atoms with Crippen LogP contribution in [0.1, 0.15) is 30.4 Å². The standard InChI is InChI=1S/C14H22N2O3S/c1-5-16(10-14(2,3)19)12(17)9-15(4)13(18)11-7-6-8-20-11/h6-8,19H,5,9-10H2,1-4H3. The van der Waals surface area contributed by atoms with Crippen LogP contribution in [0.2, 0.25) is 0 Å². The molecule has 5 nitrogen and oxygen atoms in total. The van der Waals surface area contributed by atoms with E-state index in [1.54, 1.807) is 37.9 Å². The highest BCUT2D eigenvalue weighted by molar-refractivity contribution is 7.12. The molecule has 0 bridgehead atoms. The van der Waals surface area contributed by atoms with E-state index in [0.717, 1.165) is 0 Å². The predicted octanol–water partition coefficient (Wildman–Crippen LogP) is 1.44. The average molecular weight is 298 g/mol. The van der Waals surface area contributed by atoms with Gasteiger partial charge in [-0.3, -0.25) is 9.59 Å². The van der Waals surface area contributed by atoms with Crippen molar-refractivity contribution in [2.75, 3.05) is 26.7 Å². The Balaban J connectivity index is 2.62. The summed E-state index contributed by atoms with van der Waals surface area (Å²) in [7, 11) is 1.61. The van der Waals surface area contributed by atoms with E-state index in [-0.39, 0.29) is 24.9 Å². The van der Waals surface area contributed by atoms with E-state index in [0.29, 0.717) is 11.4 Å². The van der Waals surface area contributed by atoms with Crippen LogP contribution < -0.4 is 0 Å². The van der Waals surface area contributed by atoms with Crippen molar-refractivity contribution in [3.63, 3.8) is 0 Å². The van der Waals surface area contributed by atoms with Crippen molar-refractivity contribution in [3.05, 3.63) is 22.4 Å². The zero-order valence-corrected chi connectivity index (χ0v) is 13.2. The van der Waals surface area contributed by atoms with Crippen LogP contribution in [0.4, 0.5) is 0 Å². The van der Waals surface area contributed by atoms with E-state index in [2.05, 4.69) is 0 Å². The van der Waals surface area contributed by atoms with Crippen LogP contribution in [0.5, 0.6) is 0 Å². The second kappa shape index (κ2) is 6.85. The Morgan fingerprint density at radius 1 is 1.40 bits per heavy atom. The van der Waals surface area contributed by atoms with Gasteiger partial charge >= 0.3 is 0 Å². The Labute approximate surface area is 123 Å². The van der Waals surface area contributed by atoms with Crippen LogP contribution in [-0.4, -0.2) is 59.0 Å². The summed E-state index contributed by atoms with van der Waals surface area (Å²) >= 11 is 1.35. The number of hydrogen-bond donors (Lipinski definition) is 1. The van der Waals surface area contributed by atoms with Crippen LogP contribution in [0, 0.1) is 0 Å². The first-order valence-electron chi connectivity index (χ1n) is 6.53. The summed E-state index contributed by atoms with van der Waals surface area (Å²) in [6.45, 7) is 5.94. The molecule has 0 radical (unpaired) electrons. The first kappa shape index (κ1) is 16.7. The number of carbonyl (C=O) groups is 2. The van der Waals surface area contributed by atoms with E-state index in [1.165, 1.54) is 16.2 Å². The fourth-order valence-electron chi connectivity index (χ4n) is 1.81. The predicted molar refractivity (Wildman–Crippen MR) is 79.8 cm³/mol. The molecule has 1 heterocycles. The summed E-state index contributed by atoms with van der Waals surface area (Å²) in [5, 5.41) is 11.6. The highest BCUT2D eigenvalue weighted by atomic mass is 32.1. The molecule has 0 aliphatic rings. The normalized spacial score (nSPS) is 11.2. The lowest BCUT2D eigenvalue weighted by molar-refractivity contribution is -0.134. The van der Waals surface area contributed by atoms with Gasteiger partial charge in [-0.1, -0.05) is 6.07 Å². The number of thiophene rings is 1. The number of carbonyl (C=O) groups excluding carboxylic acids is 2. The quantitative estimate of drug-likeness (QED) is 0.864. The maximum absolute atomic E-state index is 12.2. The minimum absolute atomic E-state index is 0.0145. The Kier molecular flexibility index (Phi) is 5.71. The van der Waals surface area contributed by atoms with Gasteiger partial charge in [-0.25, -0.2) is 0 Å². The molecule has 0 aromatic carbocycles. The molecule has 2 amide bonds. The van der Waals surface area contributed by atoms with Gasteiger partial charge in [0.25, 0.3) is 5.91 Å². The lowest BCUT2D eigenvalue weighted by Gasteiger charge is -2.29. The largest absolute Gasteiger partial charge is 0.389 e. The Hall–Kier alpha value is -1.40. The van der Waals surface area contributed by atoms with E-state index in [9.17, 15) is 14.7 Å². The summed E-state index contributed by atoms with van der Waals surface area (Å²) in [5.74, 6) is -0.324. The molecule has 0 fully saturated rings. The van der Waals surface area contributed by atoms with Crippen molar-refractivity contribution in [2.45, 2.75) is 26.4 Å². The molecule has 0 saturated heterocycles. The summed E-state index contributed by atoms with van der Waals surface area (Å²) in [5.41, 5.74) is -0.942. The van der Waals surface area contributed by atoms with E-state index >= 15 is 0 Å². The number of hydrogen-bond acceptors (Lipinski definition) is 4. The molecule has 0 saturated carbocycles. The number of nitrogens with zero attached hydrogens (tertiary/aromatic N) is 2. The van der Waals surface area contributed by atoms with Gasteiger partial charge in [0.05, 0.1) is 17.0 Å². The van der Waals surface area contributed by atoms with Gasteiger partial charge in [-0.2, -0.15) is 0 Å². The summed E-state index contributed by atoms with van der Waals surface area (Å²) in [6, 6.07) is 3.54. The van der Waals surface area contributed by atoms with Gasteiger partial charge in [0.15, 0.2) is 0 Å². The van der Waals surface area contributed by atoms with Crippen LogP contribution in [-0.2, 0) is 4.79 Å². The number of likely N-dealkylation sites (N-methyl/N-ethyl adjacent to an activating group) is 2. The number of aliphatic hydroxyl groups is 1. The Bertz CT molecular complexity index is 451. The van der Waals surface area contributed by atoms with Crippen LogP contribution in [0.15, 0.2) is 17.5 Å². The van der Waals surface area contributed by atoms with E-state index < -0.39 is 5.60 Å². The maximum Gasteiger partial charge on any atom is 0.264 e. The lowest BCUT2D eigenvalue weighted by Crippen LogP contribution is -2.46. The molecule has 1 N–H and O–H groups in total. The fourth-order valence-corrected chi connectivity index (χ4v) is 2.52. The van der Waals surface area contributed by atoms with Gasteiger partial charge in [0.2, 0.25) is 5.91 Å². The molecule has 0 spiro atoms. The molecule has 112 valence electrons. The van der Waals surface area contributed by atoms with Crippen molar-refractivity contribution in [1.29, 1.82) is 0 Å². The fraction of sp³-hybridized carbons (Fsp3) is 0.571. The second-order valence-corrected chi connectivity index (χ2v) is 6.31. The van der Waals surface area contributed by atoms with Crippen molar-refractivity contribution in [2.24, 2.45) is 0 Å². The second-order valence-electron chi connectivity index (χ2n) is 5.36. The average Bonchev–Trinajstić information content (AvgIpc) is 2.87. The minimum Gasteiger partial charge on any atom is -0.389 e. The summed E-state index contributed by atoms with van der Waals surface area (Å²) in [6.07, 6.45) is 0. The minimum atomic E-state index is -0.942.